The number of anilines is 1. The van der Waals surface area contributed by atoms with Gasteiger partial charge in [0.1, 0.15) is 5.75 Å². The molecule has 0 aliphatic heterocycles. The van der Waals surface area contributed by atoms with Crippen molar-refractivity contribution in [2.24, 2.45) is 5.73 Å². The molecule has 0 saturated heterocycles. The Morgan fingerprint density at radius 3 is 2.27 bits per heavy atom. The van der Waals surface area contributed by atoms with E-state index in [0.717, 1.165) is 5.75 Å². The Hall–Kier alpha value is -1.55. The van der Waals surface area contributed by atoms with Crippen LogP contribution < -0.4 is 15.8 Å². The van der Waals surface area contributed by atoms with Crippen LogP contribution in [0.25, 0.3) is 0 Å². The first-order valence-corrected chi connectivity index (χ1v) is 4.68. The van der Waals surface area contributed by atoms with Gasteiger partial charge in [0.15, 0.2) is 0 Å². The molecule has 1 amide bonds. The van der Waals surface area contributed by atoms with Crippen molar-refractivity contribution in [2.45, 2.75) is 19.4 Å². The third-order valence-corrected chi connectivity index (χ3v) is 1.93. The first-order chi connectivity index (χ1) is 6.93. The summed E-state index contributed by atoms with van der Waals surface area (Å²) in [5.74, 6) is 0.535. The number of methoxy groups -OCH3 is 1. The van der Waals surface area contributed by atoms with Crippen LogP contribution >= 0.6 is 0 Å². The fourth-order valence-electron chi connectivity index (χ4n) is 0.967. The Kier molecular flexibility index (Phi) is 3.31. The Bertz CT molecular complexity index is 339. The third-order valence-electron chi connectivity index (χ3n) is 1.93. The summed E-state index contributed by atoms with van der Waals surface area (Å²) in [5, 5.41) is 2.71. The van der Waals surface area contributed by atoms with Gasteiger partial charge in [-0.25, -0.2) is 0 Å². The molecule has 4 nitrogen and oxygen atoms in total. The fourth-order valence-corrected chi connectivity index (χ4v) is 0.967. The Morgan fingerprint density at radius 1 is 1.33 bits per heavy atom. The second-order valence-electron chi connectivity index (χ2n) is 3.90. The average molecular weight is 208 g/mol. The van der Waals surface area contributed by atoms with Crippen molar-refractivity contribution in [2.75, 3.05) is 12.4 Å². The number of hydrogen-bond acceptors (Lipinski definition) is 3. The quantitative estimate of drug-likeness (QED) is 0.788. The molecule has 0 aliphatic rings. The van der Waals surface area contributed by atoms with E-state index >= 15 is 0 Å². The number of nitrogens with one attached hydrogen (secondary N) is 1. The minimum atomic E-state index is -0.875. The van der Waals surface area contributed by atoms with E-state index in [1.165, 1.54) is 0 Å². The monoisotopic (exact) mass is 208 g/mol. The van der Waals surface area contributed by atoms with Crippen LogP contribution in [0.4, 0.5) is 5.69 Å². The Balaban J connectivity index is 2.70. The summed E-state index contributed by atoms with van der Waals surface area (Å²) < 4.78 is 5.00. The second kappa shape index (κ2) is 4.31. The van der Waals surface area contributed by atoms with Crippen molar-refractivity contribution < 1.29 is 9.53 Å². The minimum Gasteiger partial charge on any atom is -0.497 e. The zero-order valence-electron chi connectivity index (χ0n) is 9.20. The van der Waals surface area contributed by atoms with Crippen molar-refractivity contribution in [3.05, 3.63) is 24.3 Å². The number of ether oxygens (including phenoxy) is 1. The summed E-state index contributed by atoms with van der Waals surface area (Å²) in [4.78, 5) is 11.5. The van der Waals surface area contributed by atoms with Crippen molar-refractivity contribution >= 4 is 11.6 Å². The molecular weight excluding hydrogens is 192 g/mol. The van der Waals surface area contributed by atoms with Crippen LogP contribution in [0.15, 0.2) is 24.3 Å². The van der Waals surface area contributed by atoms with Gasteiger partial charge in [-0.05, 0) is 38.1 Å². The van der Waals surface area contributed by atoms with Crippen LogP contribution in [0.3, 0.4) is 0 Å². The van der Waals surface area contributed by atoms with Crippen molar-refractivity contribution in [3.63, 3.8) is 0 Å². The van der Waals surface area contributed by atoms with Gasteiger partial charge in [0.25, 0.3) is 0 Å². The second-order valence-corrected chi connectivity index (χ2v) is 3.90. The molecule has 0 aliphatic carbocycles. The standard InChI is InChI=1S/C11H16N2O2/c1-11(2,12)10(14)13-8-4-6-9(15-3)7-5-8/h4-7H,12H2,1-3H3,(H,13,14). The predicted molar refractivity (Wildman–Crippen MR) is 59.9 cm³/mol. The highest BCUT2D eigenvalue weighted by Gasteiger charge is 2.21. The van der Waals surface area contributed by atoms with E-state index in [1.807, 2.05) is 0 Å². The van der Waals surface area contributed by atoms with Crippen LogP contribution in [-0.4, -0.2) is 18.6 Å². The van der Waals surface area contributed by atoms with E-state index in [4.69, 9.17) is 10.5 Å². The summed E-state index contributed by atoms with van der Waals surface area (Å²) >= 11 is 0. The lowest BCUT2D eigenvalue weighted by Crippen LogP contribution is -2.45. The summed E-state index contributed by atoms with van der Waals surface area (Å²) in [6.07, 6.45) is 0. The van der Waals surface area contributed by atoms with Gasteiger partial charge in [0.2, 0.25) is 5.91 Å². The lowest BCUT2D eigenvalue weighted by Gasteiger charge is -2.17. The van der Waals surface area contributed by atoms with Gasteiger partial charge in [-0.2, -0.15) is 0 Å². The lowest BCUT2D eigenvalue weighted by molar-refractivity contribution is -0.120. The first-order valence-electron chi connectivity index (χ1n) is 4.68. The molecule has 15 heavy (non-hydrogen) atoms. The number of benzene rings is 1. The molecular formula is C11H16N2O2. The molecule has 0 bridgehead atoms. The van der Waals surface area contributed by atoms with E-state index in [1.54, 1.807) is 45.2 Å². The molecule has 3 N–H and O–H groups in total. The van der Waals surface area contributed by atoms with Gasteiger partial charge in [-0.15, -0.1) is 0 Å². The maximum atomic E-state index is 11.5. The zero-order chi connectivity index (χ0) is 11.5. The van der Waals surface area contributed by atoms with Gasteiger partial charge in [0.05, 0.1) is 12.6 Å². The summed E-state index contributed by atoms with van der Waals surface area (Å²) in [6, 6.07) is 7.09. The van der Waals surface area contributed by atoms with Crippen LogP contribution in [0.1, 0.15) is 13.8 Å². The van der Waals surface area contributed by atoms with E-state index < -0.39 is 5.54 Å². The molecule has 0 fully saturated rings. The molecule has 0 heterocycles. The average Bonchev–Trinajstić information content (AvgIpc) is 2.17. The van der Waals surface area contributed by atoms with Crippen LogP contribution in [-0.2, 0) is 4.79 Å². The van der Waals surface area contributed by atoms with Gasteiger partial charge in [-0.3, -0.25) is 4.79 Å². The highest BCUT2D eigenvalue weighted by molar-refractivity contribution is 5.97. The fraction of sp³-hybridized carbons (Fsp3) is 0.364. The number of hydrogen-bond donors (Lipinski definition) is 2. The summed E-state index contributed by atoms with van der Waals surface area (Å²) in [5.41, 5.74) is 5.48. The van der Waals surface area contributed by atoms with Gasteiger partial charge < -0.3 is 15.8 Å². The molecule has 1 aromatic rings. The van der Waals surface area contributed by atoms with E-state index in [0.29, 0.717) is 5.69 Å². The van der Waals surface area contributed by atoms with E-state index in [-0.39, 0.29) is 5.91 Å². The highest BCUT2D eigenvalue weighted by Crippen LogP contribution is 2.15. The number of carbonyl (C=O) groups is 1. The van der Waals surface area contributed by atoms with Gasteiger partial charge in [0, 0.05) is 5.69 Å². The molecule has 0 atom stereocenters. The molecule has 0 saturated carbocycles. The predicted octanol–water partition coefficient (Wildman–Crippen LogP) is 1.37. The molecule has 0 aromatic heterocycles. The minimum absolute atomic E-state index is 0.215. The Morgan fingerprint density at radius 2 is 1.87 bits per heavy atom. The van der Waals surface area contributed by atoms with E-state index in [2.05, 4.69) is 5.32 Å². The van der Waals surface area contributed by atoms with Crippen LogP contribution in [0.2, 0.25) is 0 Å². The lowest BCUT2D eigenvalue weighted by atomic mass is 10.1. The van der Waals surface area contributed by atoms with Crippen molar-refractivity contribution in [3.8, 4) is 5.75 Å². The van der Waals surface area contributed by atoms with Crippen LogP contribution in [0.5, 0.6) is 5.75 Å². The molecule has 0 unspecified atom stereocenters. The summed E-state index contributed by atoms with van der Waals surface area (Å²) in [7, 11) is 1.59. The zero-order valence-corrected chi connectivity index (χ0v) is 9.20. The summed E-state index contributed by atoms with van der Waals surface area (Å²) in [6.45, 7) is 3.32. The SMILES string of the molecule is COc1ccc(NC(=O)C(C)(C)N)cc1. The number of amides is 1. The Labute approximate surface area is 89.4 Å². The van der Waals surface area contributed by atoms with Crippen molar-refractivity contribution in [1.82, 2.24) is 0 Å². The molecule has 0 radical (unpaired) electrons. The maximum Gasteiger partial charge on any atom is 0.243 e. The topological polar surface area (TPSA) is 64.3 Å². The van der Waals surface area contributed by atoms with Crippen molar-refractivity contribution in [1.29, 1.82) is 0 Å². The van der Waals surface area contributed by atoms with E-state index in [9.17, 15) is 4.79 Å². The van der Waals surface area contributed by atoms with Gasteiger partial charge in [-0.1, -0.05) is 0 Å². The highest BCUT2D eigenvalue weighted by atomic mass is 16.5. The first kappa shape index (κ1) is 11.5. The van der Waals surface area contributed by atoms with Crippen LogP contribution in [0, 0.1) is 0 Å². The normalized spacial score (nSPS) is 10.9. The number of nitrogens with two attached hydrogens (primary N) is 1. The molecule has 82 valence electrons. The smallest absolute Gasteiger partial charge is 0.243 e. The molecule has 1 aromatic carbocycles. The number of carbonyl (C=O) groups excluding carboxylic acids is 1. The molecule has 0 spiro atoms. The number of rotatable bonds is 3. The maximum absolute atomic E-state index is 11.5. The largest absolute Gasteiger partial charge is 0.497 e. The molecule has 1 rings (SSSR count). The van der Waals surface area contributed by atoms with Gasteiger partial charge >= 0.3 is 0 Å². The third kappa shape index (κ3) is 3.25. The molecule has 4 heteroatoms.